The van der Waals surface area contributed by atoms with Crippen LogP contribution >= 0.6 is 11.3 Å². The number of aryl methyl sites for hydroxylation is 1. The first kappa shape index (κ1) is 27.0. The number of aliphatic hydroxyl groups excluding tert-OH is 1. The number of benzene rings is 3. The van der Waals surface area contributed by atoms with Crippen LogP contribution in [0, 0.1) is 6.92 Å². The van der Waals surface area contributed by atoms with Gasteiger partial charge in [0.2, 0.25) is 0 Å². The second-order valence-electron chi connectivity index (χ2n) is 9.03. The van der Waals surface area contributed by atoms with E-state index in [1.165, 1.54) is 23.3 Å². The Bertz CT molecular complexity index is 1660. The van der Waals surface area contributed by atoms with Crippen molar-refractivity contribution in [2.75, 3.05) is 32.8 Å². The zero-order valence-corrected chi connectivity index (χ0v) is 23.5. The molecule has 206 valence electrons. The predicted octanol–water partition coefficient (Wildman–Crippen LogP) is 5.66. The molecule has 3 aromatic carbocycles. The van der Waals surface area contributed by atoms with Crippen molar-refractivity contribution in [2.45, 2.75) is 19.9 Å². The predicted molar refractivity (Wildman–Crippen MR) is 153 cm³/mol. The summed E-state index contributed by atoms with van der Waals surface area (Å²) in [6.45, 7) is 4.12. The fourth-order valence-electron chi connectivity index (χ4n) is 4.78. The molecule has 4 aromatic rings. The Morgan fingerprint density at radius 2 is 1.70 bits per heavy atom. The summed E-state index contributed by atoms with van der Waals surface area (Å²) >= 11 is 1.25. The smallest absolute Gasteiger partial charge is 0.301 e. The van der Waals surface area contributed by atoms with Gasteiger partial charge in [-0.05, 0) is 73.5 Å². The Hall–Kier alpha value is -4.57. The molecular weight excluding hydrogens is 532 g/mol. The van der Waals surface area contributed by atoms with Crippen LogP contribution in [0.3, 0.4) is 0 Å². The normalized spacial score (nSPS) is 16.4. The number of carbonyl (C=O) groups is 2. The van der Waals surface area contributed by atoms with Gasteiger partial charge in [0.1, 0.15) is 17.3 Å². The Balaban J connectivity index is 1.73. The van der Waals surface area contributed by atoms with Gasteiger partial charge in [-0.15, -0.1) is 0 Å². The van der Waals surface area contributed by atoms with Gasteiger partial charge in [-0.2, -0.15) is 0 Å². The number of ketones is 1. The van der Waals surface area contributed by atoms with Crippen molar-refractivity contribution >= 4 is 44.1 Å². The minimum atomic E-state index is -0.977. The molecule has 1 aliphatic rings. The van der Waals surface area contributed by atoms with E-state index in [0.717, 1.165) is 10.3 Å². The van der Waals surface area contributed by atoms with Crippen molar-refractivity contribution in [3.63, 3.8) is 0 Å². The van der Waals surface area contributed by atoms with E-state index in [1.54, 1.807) is 62.8 Å². The molecule has 0 unspecified atom stereocenters. The average molecular weight is 561 g/mol. The quantitative estimate of drug-likeness (QED) is 0.167. The largest absolute Gasteiger partial charge is 0.507 e. The molecule has 40 heavy (non-hydrogen) atoms. The van der Waals surface area contributed by atoms with E-state index >= 15 is 0 Å². The first-order valence-electron chi connectivity index (χ1n) is 12.5. The summed E-state index contributed by atoms with van der Waals surface area (Å²) in [4.78, 5) is 33.2. The summed E-state index contributed by atoms with van der Waals surface area (Å²) < 4.78 is 22.7. The second kappa shape index (κ2) is 10.9. The molecule has 5 rings (SSSR count). The maximum atomic E-state index is 13.6. The van der Waals surface area contributed by atoms with Crippen LogP contribution in [0.5, 0.6) is 23.0 Å². The summed E-state index contributed by atoms with van der Waals surface area (Å²) in [5, 5.41) is 11.8. The SMILES string of the molecule is CCOc1ccc([C@@H]2C(=C(O)c3ccc(OC)c(C)c3)C(=O)C(=O)N2c2nc3ccc(OC)cc3s2)cc1OC. The number of aliphatic hydroxyl groups is 1. The number of aromatic nitrogens is 1. The van der Waals surface area contributed by atoms with Crippen LogP contribution in [-0.2, 0) is 9.59 Å². The van der Waals surface area contributed by atoms with Crippen LogP contribution in [0.1, 0.15) is 29.7 Å². The molecule has 1 aromatic heterocycles. The Morgan fingerprint density at radius 3 is 2.38 bits per heavy atom. The van der Waals surface area contributed by atoms with E-state index in [0.29, 0.717) is 51.4 Å². The molecule has 1 N–H and O–H groups in total. The third-order valence-electron chi connectivity index (χ3n) is 6.71. The zero-order chi connectivity index (χ0) is 28.6. The standard InChI is InChI=1S/C30H28N2O7S/c1-6-39-22-12-7-17(14-23(22)38-5)26-25(27(33)18-8-11-21(37-4)16(2)13-18)28(34)29(35)32(26)30-31-20-10-9-19(36-3)15-24(20)40-30/h7-15,26,33H,6H2,1-5H3/t26-/m1/s1. The lowest BCUT2D eigenvalue weighted by molar-refractivity contribution is -0.132. The van der Waals surface area contributed by atoms with Gasteiger partial charge in [-0.3, -0.25) is 14.5 Å². The third-order valence-corrected chi connectivity index (χ3v) is 7.72. The highest BCUT2D eigenvalue weighted by atomic mass is 32.1. The van der Waals surface area contributed by atoms with Crippen molar-refractivity contribution in [1.82, 2.24) is 4.98 Å². The van der Waals surface area contributed by atoms with Crippen molar-refractivity contribution in [3.05, 3.63) is 76.9 Å². The molecule has 9 nitrogen and oxygen atoms in total. The summed E-state index contributed by atoms with van der Waals surface area (Å²) in [6, 6.07) is 14.7. The highest BCUT2D eigenvalue weighted by Crippen LogP contribution is 2.46. The lowest BCUT2D eigenvalue weighted by Gasteiger charge is -2.24. The van der Waals surface area contributed by atoms with Crippen LogP contribution in [-0.4, -0.2) is 49.7 Å². The number of carbonyl (C=O) groups excluding carboxylic acids is 2. The van der Waals surface area contributed by atoms with Gasteiger partial charge >= 0.3 is 5.91 Å². The van der Waals surface area contributed by atoms with Crippen LogP contribution in [0.15, 0.2) is 60.2 Å². The van der Waals surface area contributed by atoms with Crippen LogP contribution in [0.4, 0.5) is 5.13 Å². The molecule has 0 spiro atoms. The number of ether oxygens (including phenoxy) is 4. The van der Waals surface area contributed by atoms with E-state index in [9.17, 15) is 14.7 Å². The number of rotatable bonds is 8. The number of amides is 1. The molecule has 1 atom stereocenters. The number of Topliss-reactive ketones (excluding diaryl/α,β-unsaturated/α-hetero) is 1. The van der Waals surface area contributed by atoms with Crippen LogP contribution < -0.4 is 23.8 Å². The van der Waals surface area contributed by atoms with Gasteiger partial charge < -0.3 is 24.1 Å². The fraction of sp³-hybridized carbons (Fsp3) is 0.233. The second-order valence-corrected chi connectivity index (χ2v) is 10.0. The summed E-state index contributed by atoms with van der Waals surface area (Å²) in [7, 11) is 4.64. The van der Waals surface area contributed by atoms with Gasteiger partial charge in [-0.25, -0.2) is 4.98 Å². The molecule has 0 saturated carbocycles. The van der Waals surface area contributed by atoms with Gasteiger partial charge in [0.15, 0.2) is 16.6 Å². The lowest BCUT2D eigenvalue weighted by Crippen LogP contribution is -2.29. The molecule has 0 aliphatic carbocycles. The Morgan fingerprint density at radius 1 is 0.950 bits per heavy atom. The van der Waals surface area contributed by atoms with Crippen molar-refractivity contribution in [2.24, 2.45) is 0 Å². The number of fused-ring (bicyclic) bond motifs is 1. The molecule has 2 heterocycles. The van der Waals surface area contributed by atoms with Gasteiger partial charge in [-0.1, -0.05) is 17.4 Å². The first-order chi connectivity index (χ1) is 19.3. The summed E-state index contributed by atoms with van der Waals surface area (Å²) in [5.74, 6) is 0.313. The topological polar surface area (TPSA) is 107 Å². The fourth-order valence-corrected chi connectivity index (χ4v) is 5.80. The van der Waals surface area contributed by atoms with E-state index in [-0.39, 0.29) is 11.3 Å². The summed E-state index contributed by atoms with van der Waals surface area (Å²) in [6.07, 6.45) is 0. The average Bonchev–Trinajstić information content (AvgIpc) is 3.50. The van der Waals surface area contributed by atoms with Gasteiger partial charge in [0.25, 0.3) is 5.78 Å². The maximum absolute atomic E-state index is 13.6. The van der Waals surface area contributed by atoms with E-state index in [2.05, 4.69) is 4.98 Å². The molecule has 0 bridgehead atoms. The molecule has 10 heteroatoms. The Kier molecular flexibility index (Phi) is 7.36. The van der Waals surface area contributed by atoms with E-state index in [1.807, 2.05) is 19.9 Å². The third kappa shape index (κ3) is 4.60. The zero-order valence-electron chi connectivity index (χ0n) is 22.7. The van der Waals surface area contributed by atoms with Gasteiger partial charge in [0, 0.05) is 5.56 Å². The number of hydrogen-bond acceptors (Lipinski definition) is 9. The van der Waals surface area contributed by atoms with Crippen LogP contribution in [0.2, 0.25) is 0 Å². The number of anilines is 1. The lowest BCUT2D eigenvalue weighted by atomic mass is 9.94. The van der Waals surface area contributed by atoms with Crippen molar-refractivity contribution in [1.29, 1.82) is 0 Å². The monoisotopic (exact) mass is 560 g/mol. The minimum absolute atomic E-state index is 0.0578. The number of hydrogen-bond donors (Lipinski definition) is 1. The van der Waals surface area contributed by atoms with Crippen molar-refractivity contribution < 1.29 is 33.6 Å². The Labute approximate surface area is 235 Å². The highest BCUT2D eigenvalue weighted by molar-refractivity contribution is 7.22. The summed E-state index contributed by atoms with van der Waals surface area (Å²) in [5.41, 5.74) is 2.28. The number of methoxy groups -OCH3 is 3. The molecule has 1 aliphatic heterocycles. The number of nitrogens with zero attached hydrogens (tertiary/aromatic N) is 2. The number of thiazole rings is 1. The van der Waals surface area contributed by atoms with Crippen molar-refractivity contribution in [3.8, 4) is 23.0 Å². The molecule has 1 saturated heterocycles. The van der Waals surface area contributed by atoms with E-state index < -0.39 is 17.7 Å². The van der Waals surface area contributed by atoms with Gasteiger partial charge in [0.05, 0.1) is 49.8 Å². The van der Waals surface area contributed by atoms with Crippen LogP contribution in [0.25, 0.3) is 16.0 Å². The van der Waals surface area contributed by atoms with E-state index in [4.69, 9.17) is 18.9 Å². The highest BCUT2D eigenvalue weighted by Gasteiger charge is 2.48. The molecule has 1 amide bonds. The molecule has 1 fully saturated rings. The molecular formula is C30H28N2O7S. The minimum Gasteiger partial charge on any atom is -0.507 e. The maximum Gasteiger partial charge on any atom is 0.301 e. The first-order valence-corrected chi connectivity index (χ1v) is 13.3. The molecule has 0 radical (unpaired) electrons.